The van der Waals surface area contributed by atoms with E-state index in [0.29, 0.717) is 23.1 Å². The van der Waals surface area contributed by atoms with Crippen LogP contribution < -0.4 is 0 Å². The number of hydrogen-bond donors (Lipinski definition) is 2. The van der Waals surface area contributed by atoms with Gasteiger partial charge in [-0.3, -0.25) is 9.59 Å². The fraction of sp³-hybridized carbons (Fsp3) is 0.250. The minimum atomic E-state index is -0.120. The number of carbonyl (C=O) groups is 2. The molecule has 0 saturated heterocycles. The van der Waals surface area contributed by atoms with Crippen molar-refractivity contribution in [1.29, 1.82) is 0 Å². The number of nitrogens with zero attached hydrogens (tertiary/aromatic N) is 2. The Labute approximate surface area is 364 Å². The van der Waals surface area contributed by atoms with Crippen LogP contribution >= 0.6 is 0 Å². The fourth-order valence-corrected chi connectivity index (χ4v) is 10.1. The van der Waals surface area contributed by atoms with E-state index in [2.05, 4.69) is 133 Å². The van der Waals surface area contributed by atoms with Gasteiger partial charge in [0, 0.05) is 45.3 Å². The number of allylic oxidation sites excluding steroid dienone is 6. The molecule has 3 aromatic heterocycles. The van der Waals surface area contributed by atoms with Gasteiger partial charge in [0.15, 0.2) is 11.6 Å². The van der Waals surface area contributed by atoms with Crippen molar-refractivity contribution in [2.75, 3.05) is 0 Å². The molecular formula is C56H54N4O2. The molecule has 3 aliphatic rings. The molecular weight excluding hydrogens is 761 g/mol. The third kappa shape index (κ3) is 6.64. The highest BCUT2D eigenvalue weighted by Gasteiger charge is 2.28. The van der Waals surface area contributed by atoms with E-state index in [4.69, 9.17) is 9.97 Å². The number of nitrogens with one attached hydrogen (secondary N) is 2. The summed E-state index contributed by atoms with van der Waals surface area (Å²) in [6, 6.07) is 28.9. The van der Waals surface area contributed by atoms with Gasteiger partial charge in [-0.25, -0.2) is 9.97 Å². The Morgan fingerprint density at radius 1 is 0.548 bits per heavy atom. The van der Waals surface area contributed by atoms with E-state index in [0.717, 1.165) is 98.3 Å². The van der Waals surface area contributed by atoms with Crippen LogP contribution in [0.2, 0.25) is 0 Å². The van der Waals surface area contributed by atoms with Crippen LogP contribution in [0.25, 0.3) is 66.6 Å². The first-order chi connectivity index (χ1) is 30.0. The van der Waals surface area contributed by atoms with Gasteiger partial charge in [0.05, 0.1) is 33.8 Å². The third-order valence-corrected chi connectivity index (χ3v) is 13.5. The van der Waals surface area contributed by atoms with Crippen molar-refractivity contribution >= 4 is 55.9 Å². The number of ketones is 2. The van der Waals surface area contributed by atoms with Crippen LogP contribution in [-0.4, -0.2) is 31.5 Å². The van der Waals surface area contributed by atoms with E-state index in [-0.39, 0.29) is 11.6 Å². The minimum absolute atomic E-state index is 0.0862. The zero-order chi connectivity index (χ0) is 43.6. The molecule has 0 fully saturated rings. The normalized spacial score (nSPS) is 13.9. The predicted octanol–water partition coefficient (Wildman–Crippen LogP) is 13.9. The Balaban J connectivity index is 1.34. The van der Waals surface area contributed by atoms with Gasteiger partial charge in [-0.2, -0.15) is 0 Å². The number of benzene rings is 3. The van der Waals surface area contributed by atoms with Gasteiger partial charge in [0.1, 0.15) is 0 Å². The van der Waals surface area contributed by atoms with Crippen molar-refractivity contribution in [3.63, 3.8) is 0 Å². The molecule has 6 aromatic rings. The lowest BCUT2D eigenvalue weighted by molar-refractivity contribution is 0.0982. The lowest BCUT2D eigenvalue weighted by atomic mass is 9.86. The number of aromatic amines is 2. The van der Waals surface area contributed by atoms with Crippen molar-refractivity contribution in [2.45, 2.75) is 94.4 Å². The molecule has 0 unspecified atom stereocenters. The van der Waals surface area contributed by atoms with Gasteiger partial charge >= 0.3 is 0 Å². The van der Waals surface area contributed by atoms with E-state index in [1.54, 1.807) is 18.2 Å². The van der Waals surface area contributed by atoms with Crippen molar-refractivity contribution in [3.05, 3.63) is 164 Å². The Bertz CT molecular complexity index is 3020. The molecule has 0 atom stereocenters. The largest absolute Gasteiger partial charge is 0.354 e. The summed E-state index contributed by atoms with van der Waals surface area (Å²) in [6.07, 6.45) is 5.29. The van der Waals surface area contributed by atoms with Gasteiger partial charge in [0.25, 0.3) is 0 Å². The first kappa shape index (κ1) is 40.7. The first-order valence-electron chi connectivity index (χ1n) is 22.2. The molecule has 5 heterocycles. The monoisotopic (exact) mass is 814 g/mol. The Kier molecular flexibility index (Phi) is 10.5. The summed E-state index contributed by atoms with van der Waals surface area (Å²) in [4.78, 5) is 45.6. The maximum atomic E-state index is 13.5. The summed E-state index contributed by atoms with van der Waals surface area (Å²) in [7, 11) is 0. The lowest BCUT2D eigenvalue weighted by Crippen LogP contribution is -2.18. The number of H-pyrrole nitrogens is 2. The molecule has 2 aliphatic heterocycles. The van der Waals surface area contributed by atoms with Crippen molar-refractivity contribution in [3.8, 4) is 22.3 Å². The van der Waals surface area contributed by atoms with Crippen LogP contribution in [0.4, 0.5) is 0 Å². The molecule has 0 radical (unpaired) electrons. The van der Waals surface area contributed by atoms with Gasteiger partial charge in [0.2, 0.25) is 0 Å². The van der Waals surface area contributed by atoms with E-state index in [1.165, 1.54) is 56.2 Å². The molecule has 0 amide bonds. The number of Topliss-reactive ketones (excluding diaryl/α,β-unsaturated/α-hetero) is 1. The highest BCUT2D eigenvalue weighted by atomic mass is 16.1. The number of aryl methyl sites for hydroxylation is 5. The molecule has 0 saturated carbocycles. The molecule has 310 valence electrons. The van der Waals surface area contributed by atoms with Crippen LogP contribution in [0, 0.1) is 20.8 Å². The number of carbonyl (C=O) groups excluding carboxylic acids is 2. The number of fused-ring (bicyclic) bond motifs is 9. The molecule has 0 spiro atoms. The van der Waals surface area contributed by atoms with E-state index >= 15 is 0 Å². The first-order valence-corrected chi connectivity index (χ1v) is 22.2. The van der Waals surface area contributed by atoms with E-state index in [9.17, 15) is 9.59 Å². The average Bonchev–Trinajstić information content (AvgIpc) is 3.96. The third-order valence-electron chi connectivity index (χ3n) is 13.5. The van der Waals surface area contributed by atoms with Gasteiger partial charge < -0.3 is 9.97 Å². The van der Waals surface area contributed by atoms with E-state index < -0.39 is 0 Å². The summed E-state index contributed by atoms with van der Waals surface area (Å²) in [5.74, 6) is -0.206. The molecule has 8 bridgehead atoms. The lowest BCUT2D eigenvalue weighted by Gasteiger charge is -2.15. The standard InChI is InChI=1S/C56H54N4O2/c1-10-39-31(6)52-50(36-22-18-30(5)19-23-36)53-32(7)40(11-2)46(58-53)29-48-42(13-4)34(9)55(60-48)51(54-33(8)41(12-3)47(59-54)28-45(39)57-52)37-24-20-35(21-25-37)26-38-27-49(61)43-16-14-15-17-44(43)56(38)62/h14-25,27-29,59-60H,10-13,26H2,1-9H3. The highest BCUT2D eigenvalue weighted by Crippen LogP contribution is 2.44. The van der Waals surface area contributed by atoms with Crippen molar-refractivity contribution in [2.24, 2.45) is 0 Å². The van der Waals surface area contributed by atoms with Crippen molar-refractivity contribution < 1.29 is 9.59 Å². The molecule has 6 heteroatoms. The summed E-state index contributed by atoms with van der Waals surface area (Å²) in [5, 5.41) is 0. The topological polar surface area (TPSA) is 91.5 Å². The highest BCUT2D eigenvalue weighted by molar-refractivity contribution is 6.24. The maximum absolute atomic E-state index is 13.5. The Hall–Kier alpha value is -6.66. The van der Waals surface area contributed by atoms with Gasteiger partial charge in [-0.15, -0.1) is 0 Å². The summed E-state index contributed by atoms with van der Waals surface area (Å²) in [5.41, 5.74) is 25.9. The number of rotatable bonds is 8. The van der Waals surface area contributed by atoms with Crippen LogP contribution in [0.3, 0.4) is 0 Å². The van der Waals surface area contributed by atoms with Crippen LogP contribution in [0.15, 0.2) is 96.6 Å². The molecule has 1 aliphatic carbocycles. The zero-order valence-corrected chi connectivity index (χ0v) is 37.4. The second kappa shape index (κ2) is 16.0. The fourth-order valence-electron chi connectivity index (χ4n) is 10.1. The molecule has 62 heavy (non-hydrogen) atoms. The molecule has 2 N–H and O–H groups in total. The van der Waals surface area contributed by atoms with Crippen LogP contribution in [-0.2, 0) is 19.3 Å². The quantitative estimate of drug-likeness (QED) is 0.160. The smallest absolute Gasteiger partial charge is 0.190 e. The second-order valence-corrected chi connectivity index (χ2v) is 17.0. The van der Waals surface area contributed by atoms with Gasteiger partial charge in [-0.1, -0.05) is 106 Å². The minimum Gasteiger partial charge on any atom is -0.354 e. The predicted molar refractivity (Wildman–Crippen MR) is 257 cm³/mol. The van der Waals surface area contributed by atoms with Gasteiger partial charge in [-0.05, 0) is 140 Å². The van der Waals surface area contributed by atoms with Crippen LogP contribution in [0.5, 0.6) is 0 Å². The maximum Gasteiger partial charge on any atom is 0.190 e. The second-order valence-electron chi connectivity index (χ2n) is 17.0. The SMILES string of the molecule is CCC1=C(C)c2nc1cc1[nH]c(c(C)c1CC)c(-c1ccc(CC3=CC(=O)c4ccccc4C3=O)cc1)c1[nH]c(cc3nc(c2-c2ccc(C)cc2)C(C)=C3CC)c(CC)c1C. The summed E-state index contributed by atoms with van der Waals surface area (Å²) >= 11 is 0. The molecule has 9 rings (SSSR count). The number of aromatic nitrogens is 4. The molecule has 3 aromatic carbocycles. The van der Waals surface area contributed by atoms with E-state index in [1.807, 2.05) is 6.07 Å². The summed E-state index contributed by atoms with van der Waals surface area (Å²) in [6.45, 7) is 20.0. The summed E-state index contributed by atoms with van der Waals surface area (Å²) < 4.78 is 0. The van der Waals surface area contributed by atoms with Crippen LogP contribution in [0.1, 0.15) is 131 Å². The number of hydrogen-bond acceptors (Lipinski definition) is 4. The Morgan fingerprint density at radius 2 is 1.03 bits per heavy atom. The van der Waals surface area contributed by atoms with Crippen molar-refractivity contribution in [1.82, 2.24) is 19.9 Å². The average molecular weight is 815 g/mol. The Morgan fingerprint density at radius 3 is 1.53 bits per heavy atom. The molecule has 6 nitrogen and oxygen atoms in total. The zero-order valence-electron chi connectivity index (χ0n) is 37.4.